The number of nitrogens with one attached hydrogen (secondary N) is 1. The van der Waals surface area contributed by atoms with Crippen molar-refractivity contribution in [1.29, 1.82) is 0 Å². The average Bonchev–Trinajstić information content (AvgIpc) is 2.53. The first-order valence-electron chi connectivity index (χ1n) is 6.54. The summed E-state index contributed by atoms with van der Waals surface area (Å²) < 4.78 is 10.1. The zero-order valence-corrected chi connectivity index (χ0v) is 12.3. The molecule has 0 amide bonds. The van der Waals surface area contributed by atoms with Crippen LogP contribution in [-0.4, -0.2) is 25.2 Å². The Morgan fingerprint density at radius 2 is 2.10 bits per heavy atom. The number of hydrogen-bond acceptors (Lipinski definition) is 5. The molecule has 5 heteroatoms. The highest BCUT2D eigenvalue weighted by Gasteiger charge is 2.23. The van der Waals surface area contributed by atoms with Crippen molar-refractivity contribution in [3.63, 3.8) is 0 Å². The predicted octanol–water partition coefficient (Wildman–Crippen LogP) is 2.72. The van der Waals surface area contributed by atoms with E-state index < -0.39 is 6.04 Å². The van der Waals surface area contributed by atoms with Gasteiger partial charge in [-0.1, -0.05) is 6.07 Å². The first kappa shape index (κ1) is 14.8. The molecule has 0 aliphatic rings. The predicted molar refractivity (Wildman–Crippen MR) is 80.3 cm³/mol. The maximum Gasteiger partial charge on any atom is 0.333 e. The quantitative estimate of drug-likeness (QED) is 0.856. The Kier molecular flexibility index (Phi) is 4.77. The second kappa shape index (κ2) is 6.74. The molecule has 1 N–H and O–H groups in total. The second-order valence-electron chi connectivity index (χ2n) is 4.56. The lowest BCUT2D eigenvalue weighted by Gasteiger charge is -2.19. The van der Waals surface area contributed by atoms with Gasteiger partial charge in [0.1, 0.15) is 5.75 Å². The molecule has 1 aromatic carbocycles. The average molecular weight is 286 g/mol. The zero-order valence-electron chi connectivity index (χ0n) is 12.3. The van der Waals surface area contributed by atoms with Gasteiger partial charge in [0.05, 0.1) is 14.2 Å². The SMILES string of the molecule is COC(=O)C(Nc1cccc(OC)c1)c1cnccc1C. The van der Waals surface area contributed by atoms with Crippen LogP contribution < -0.4 is 10.1 Å². The third-order valence-electron chi connectivity index (χ3n) is 3.21. The zero-order chi connectivity index (χ0) is 15.2. The molecule has 1 aromatic heterocycles. The Morgan fingerprint density at radius 1 is 1.29 bits per heavy atom. The smallest absolute Gasteiger partial charge is 0.333 e. The molecule has 0 bridgehead atoms. The van der Waals surface area contributed by atoms with E-state index in [0.717, 1.165) is 16.8 Å². The number of ether oxygens (including phenoxy) is 2. The van der Waals surface area contributed by atoms with Crippen LogP contribution in [-0.2, 0) is 9.53 Å². The van der Waals surface area contributed by atoms with E-state index in [1.807, 2.05) is 37.3 Å². The van der Waals surface area contributed by atoms with Crippen molar-refractivity contribution in [2.45, 2.75) is 13.0 Å². The Labute approximate surface area is 123 Å². The summed E-state index contributed by atoms with van der Waals surface area (Å²) in [5.74, 6) is 0.348. The van der Waals surface area contributed by atoms with E-state index in [-0.39, 0.29) is 5.97 Å². The van der Waals surface area contributed by atoms with Crippen LogP contribution >= 0.6 is 0 Å². The molecule has 110 valence electrons. The monoisotopic (exact) mass is 286 g/mol. The van der Waals surface area contributed by atoms with E-state index in [4.69, 9.17) is 9.47 Å². The summed E-state index contributed by atoms with van der Waals surface area (Å²) in [5.41, 5.74) is 2.52. The fraction of sp³-hybridized carbons (Fsp3) is 0.250. The molecule has 0 aliphatic heterocycles. The molecule has 0 aliphatic carbocycles. The molecule has 0 radical (unpaired) electrons. The third-order valence-corrected chi connectivity index (χ3v) is 3.21. The summed E-state index contributed by atoms with van der Waals surface area (Å²) >= 11 is 0. The van der Waals surface area contributed by atoms with E-state index >= 15 is 0 Å². The maximum atomic E-state index is 12.1. The normalized spacial score (nSPS) is 11.6. The number of nitrogens with zero attached hydrogens (tertiary/aromatic N) is 1. The van der Waals surface area contributed by atoms with Crippen LogP contribution in [0.4, 0.5) is 5.69 Å². The molecule has 2 aromatic rings. The number of carbonyl (C=O) groups excluding carboxylic acids is 1. The summed E-state index contributed by atoms with van der Waals surface area (Å²) in [5, 5.41) is 3.17. The summed E-state index contributed by atoms with van der Waals surface area (Å²) in [6, 6.07) is 8.62. The summed E-state index contributed by atoms with van der Waals surface area (Å²) in [7, 11) is 2.97. The number of benzene rings is 1. The molecule has 2 rings (SSSR count). The highest BCUT2D eigenvalue weighted by atomic mass is 16.5. The Hall–Kier alpha value is -2.56. The number of esters is 1. The maximum absolute atomic E-state index is 12.1. The van der Waals surface area contributed by atoms with E-state index in [1.54, 1.807) is 19.5 Å². The van der Waals surface area contributed by atoms with Gasteiger partial charge in [-0.25, -0.2) is 4.79 Å². The van der Waals surface area contributed by atoms with Gasteiger partial charge in [0.25, 0.3) is 0 Å². The minimum atomic E-state index is -0.615. The van der Waals surface area contributed by atoms with Crippen molar-refractivity contribution in [2.75, 3.05) is 19.5 Å². The van der Waals surface area contributed by atoms with Crippen molar-refractivity contribution in [1.82, 2.24) is 4.98 Å². The largest absolute Gasteiger partial charge is 0.497 e. The molecule has 1 unspecified atom stereocenters. The van der Waals surface area contributed by atoms with Gasteiger partial charge in [0.2, 0.25) is 0 Å². The molecule has 5 nitrogen and oxygen atoms in total. The lowest BCUT2D eigenvalue weighted by molar-refractivity contribution is -0.141. The number of methoxy groups -OCH3 is 2. The van der Waals surface area contributed by atoms with Gasteiger partial charge in [-0.2, -0.15) is 0 Å². The molecular weight excluding hydrogens is 268 g/mol. The van der Waals surface area contributed by atoms with Crippen molar-refractivity contribution >= 4 is 11.7 Å². The van der Waals surface area contributed by atoms with Crippen molar-refractivity contribution < 1.29 is 14.3 Å². The van der Waals surface area contributed by atoms with Gasteiger partial charge in [-0.15, -0.1) is 0 Å². The summed E-state index contributed by atoms with van der Waals surface area (Å²) in [6.07, 6.45) is 3.36. The van der Waals surface area contributed by atoms with Gasteiger partial charge >= 0.3 is 5.97 Å². The fourth-order valence-electron chi connectivity index (χ4n) is 2.04. The number of carbonyl (C=O) groups is 1. The van der Waals surface area contributed by atoms with Gasteiger partial charge in [-0.3, -0.25) is 4.98 Å². The molecule has 0 saturated heterocycles. The van der Waals surface area contributed by atoms with Crippen LogP contribution in [0.2, 0.25) is 0 Å². The van der Waals surface area contributed by atoms with Crippen LogP contribution in [0.25, 0.3) is 0 Å². The highest BCUT2D eigenvalue weighted by molar-refractivity contribution is 5.81. The molecule has 1 atom stereocenters. The minimum absolute atomic E-state index is 0.367. The van der Waals surface area contributed by atoms with E-state index in [0.29, 0.717) is 5.75 Å². The topological polar surface area (TPSA) is 60.5 Å². The standard InChI is InChI=1S/C16H18N2O3/c1-11-7-8-17-10-14(11)15(16(19)21-3)18-12-5-4-6-13(9-12)20-2/h4-10,15,18H,1-3H3. The van der Waals surface area contributed by atoms with Crippen LogP contribution in [0.15, 0.2) is 42.7 Å². The van der Waals surface area contributed by atoms with E-state index in [1.165, 1.54) is 7.11 Å². The van der Waals surface area contributed by atoms with Gasteiger partial charge in [0.15, 0.2) is 6.04 Å². The summed E-state index contributed by atoms with van der Waals surface area (Å²) in [6.45, 7) is 1.93. The first-order valence-corrected chi connectivity index (χ1v) is 6.54. The number of aromatic nitrogens is 1. The highest BCUT2D eigenvalue weighted by Crippen LogP contribution is 2.25. The number of hydrogen-bond donors (Lipinski definition) is 1. The molecular formula is C16H18N2O3. The lowest BCUT2D eigenvalue weighted by Crippen LogP contribution is -2.23. The Morgan fingerprint density at radius 3 is 2.76 bits per heavy atom. The van der Waals surface area contributed by atoms with Crippen molar-refractivity contribution in [2.24, 2.45) is 0 Å². The fourth-order valence-corrected chi connectivity index (χ4v) is 2.04. The number of aryl methyl sites for hydroxylation is 1. The number of rotatable bonds is 5. The molecule has 0 spiro atoms. The lowest BCUT2D eigenvalue weighted by atomic mass is 10.0. The molecule has 0 saturated carbocycles. The Balaban J connectivity index is 2.33. The Bertz CT molecular complexity index is 628. The van der Waals surface area contributed by atoms with E-state index in [2.05, 4.69) is 10.3 Å². The molecule has 1 heterocycles. The summed E-state index contributed by atoms with van der Waals surface area (Å²) in [4.78, 5) is 16.2. The second-order valence-corrected chi connectivity index (χ2v) is 4.56. The molecule has 0 fully saturated rings. The van der Waals surface area contributed by atoms with Crippen molar-refractivity contribution in [3.8, 4) is 5.75 Å². The third kappa shape index (κ3) is 3.51. The van der Waals surface area contributed by atoms with Crippen LogP contribution in [0.1, 0.15) is 17.2 Å². The van der Waals surface area contributed by atoms with Gasteiger partial charge < -0.3 is 14.8 Å². The molecule has 21 heavy (non-hydrogen) atoms. The number of pyridine rings is 1. The minimum Gasteiger partial charge on any atom is -0.497 e. The van der Waals surface area contributed by atoms with Crippen LogP contribution in [0, 0.1) is 6.92 Å². The first-order chi connectivity index (χ1) is 10.2. The van der Waals surface area contributed by atoms with Crippen LogP contribution in [0.5, 0.6) is 5.75 Å². The van der Waals surface area contributed by atoms with E-state index in [9.17, 15) is 4.79 Å². The van der Waals surface area contributed by atoms with Crippen molar-refractivity contribution in [3.05, 3.63) is 53.9 Å². The van der Waals surface area contributed by atoms with Gasteiger partial charge in [-0.05, 0) is 30.7 Å². The number of anilines is 1. The van der Waals surface area contributed by atoms with Gasteiger partial charge in [0, 0.05) is 29.7 Å². The van der Waals surface area contributed by atoms with Crippen LogP contribution in [0.3, 0.4) is 0 Å².